The Hall–Kier alpha value is -3.00. The molecule has 1 N–H and O–H groups in total. The van der Waals surface area contributed by atoms with E-state index in [0.717, 1.165) is 22.2 Å². The van der Waals surface area contributed by atoms with Crippen molar-refractivity contribution in [2.45, 2.75) is 13.0 Å². The first-order chi connectivity index (χ1) is 11.8. The van der Waals surface area contributed by atoms with Crippen LogP contribution in [0, 0.1) is 4.84 Å². The van der Waals surface area contributed by atoms with Gasteiger partial charge in [0.15, 0.2) is 5.82 Å². The molecular weight excluding hydrogens is 326 g/mol. The molecule has 0 saturated carbocycles. The number of nitrogens with one attached hydrogen (secondary N) is 1. The van der Waals surface area contributed by atoms with Crippen molar-refractivity contribution in [2.24, 2.45) is 0 Å². The first-order valence-electron chi connectivity index (χ1n) is 7.34. The minimum Gasteiger partial charge on any atom is -0.390 e. The lowest BCUT2D eigenvalue weighted by Gasteiger charge is -2.05. The van der Waals surface area contributed by atoms with E-state index in [9.17, 15) is 0 Å². The molecule has 0 aliphatic carbocycles. The molecule has 0 spiro atoms. The summed E-state index contributed by atoms with van der Waals surface area (Å²) in [4.78, 5) is 10.3. The Kier molecular flexibility index (Phi) is 3.80. The molecule has 120 valence electrons. The van der Waals surface area contributed by atoms with Crippen LogP contribution in [0.2, 0.25) is 0 Å². The third kappa shape index (κ3) is 3.04. The molecule has 0 radical (unpaired) electrons. The van der Waals surface area contributed by atoms with Gasteiger partial charge < -0.3 is 9.36 Å². The number of rotatable bonds is 5. The molecule has 0 aliphatic heterocycles. The SMILES string of the molecule is S=c1[nH]c(Cc2ccc3c(c2)nnn3OCc2ccccc2)no1. The van der Waals surface area contributed by atoms with Gasteiger partial charge in [0.05, 0.1) is 0 Å². The van der Waals surface area contributed by atoms with E-state index in [4.69, 9.17) is 21.6 Å². The Morgan fingerprint density at radius 2 is 2.00 bits per heavy atom. The van der Waals surface area contributed by atoms with Crippen LogP contribution in [0.1, 0.15) is 17.0 Å². The summed E-state index contributed by atoms with van der Waals surface area (Å²) in [6.45, 7) is 0.427. The molecule has 8 heteroatoms. The summed E-state index contributed by atoms with van der Waals surface area (Å²) >= 11 is 4.87. The van der Waals surface area contributed by atoms with E-state index in [0.29, 0.717) is 18.9 Å². The second-order valence-electron chi connectivity index (χ2n) is 5.26. The van der Waals surface area contributed by atoms with Crippen LogP contribution in [0.25, 0.3) is 11.0 Å². The standard InChI is InChI=1S/C16H13N5O2S/c24-16-17-15(19-23-16)9-12-6-7-14-13(8-12)18-20-21(14)22-10-11-4-2-1-3-5-11/h1-8H,9-10H2,(H,17,19,24). The molecule has 24 heavy (non-hydrogen) atoms. The number of fused-ring (bicyclic) bond motifs is 1. The first-order valence-corrected chi connectivity index (χ1v) is 7.75. The fourth-order valence-corrected chi connectivity index (χ4v) is 2.55. The summed E-state index contributed by atoms with van der Waals surface area (Å²) in [5.74, 6) is 0.673. The van der Waals surface area contributed by atoms with E-state index in [2.05, 4.69) is 20.5 Å². The van der Waals surface area contributed by atoms with Crippen molar-refractivity contribution in [3.8, 4) is 0 Å². The Balaban J connectivity index is 1.53. The molecular formula is C16H13N5O2S. The highest BCUT2D eigenvalue weighted by Crippen LogP contribution is 2.15. The first kappa shape index (κ1) is 14.6. The summed E-state index contributed by atoms with van der Waals surface area (Å²) in [5.41, 5.74) is 3.65. The van der Waals surface area contributed by atoms with Crippen molar-refractivity contribution in [1.82, 2.24) is 25.3 Å². The Morgan fingerprint density at radius 1 is 1.12 bits per heavy atom. The number of benzene rings is 2. The van der Waals surface area contributed by atoms with Gasteiger partial charge in [0.2, 0.25) is 0 Å². The molecule has 0 amide bonds. The lowest BCUT2D eigenvalue weighted by atomic mass is 10.1. The second kappa shape index (κ2) is 6.25. The van der Waals surface area contributed by atoms with Gasteiger partial charge >= 0.3 is 0 Å². The molecule has 4 rings (SSSR count). The van der Waals surface area contributed by atoms with Crippen LogP contribution in [-0.4, -0.2) is 25.3 Å². The average Bonchev–Trinajstić information content (AvgIpc) is 3.20. The van der Waals surface area contributed by atoms with Crippen LogP contribution in [-0.2, 0) is 13.0 Å². The molecule has 2 aromatic carbocycles. The van der Waals surface area contributed by atoms with Crippen LogP contribution in [0.5, 0.6) is 0 Å². The summed E-state index contributed by atoms with van der Waals surface area (Å²) in [7, 11) is 0. The van der Waals surface area contributed by atoms with Crippen LogP contribution in [0.4, 0.5) is 0 Å². The number of hydrogen-bond acceptors (Lipinski definition) is 6. The summed E-state index contributed by atoms with van der Waals surface area (Å²) in [5, 5.41) is 12.1. The van der Waals surface area contributed by atoms with E-state index in [1.54, 1.807) is 0 Å². The predicted octanol–water partition coefficient (Wildman–Crippen LogP) is 2.70. The third-order valence-electron chi connectivity index (χ3n) is 3.53. The van der Waals surface area contributed by atoms with Gasteiger partial charge in [-0.05, 0) is 40.7 Å². The van der Waals surface area contributed by atoms with Crippen molar-refractivity contribution in [2.75, 3.05) is 0 Å². The van der Waals surface area contributed by atoms with E-state index in [1.165, 1.54) is 4.85 Å². The van der Waals surface area contributed by atoms with Crippen molar-refractivity contribution in [3.05, 3.63) is 70.3 Å². The zero-order chi connectivity index (χ0) is 16.4. The topological polar surface area (TPSA) is 81.8 Å². The fraction of sp³-hybridized carbons (Fsp3) is 0.125. The molecule has 0 unspecified atom stereocenters. The minimum atomic E-state index is 0.270. The molecule has 4 aromatic rings. The largest absolute Gasteiger partial charge is 0.390 e. The van der Waals surface area contributed by atoms with Crippen LogP contribution < -0.4 is 4.84 Å². The molecule has 2 heterocycles. The average molecular weight is 339 g/mol. The molecule has 0 saturated heterocycles. The van der Waals surface area contributed by atoms with Gasteiger partial charge in [-0.2, -0.15) is 0 Å². The summed E-state index contributed by atoms with van der Waals surface area (Å²) in [6.07, 6.45) is 0.577. The molecule has 0 bridgehead atoms. The fourth-order valence-electron chi connectivity index (χ4n) is 2.39. The lowest BCUT2D eigenvalue weighted by molar-refractivity contribution is 0.0752. The number of hydrogen-bond donors (Lipinski definition) is 1. The van der Waals surface area contributed by atoms with E-state index in [-0.39, 0.29) is 4.84 Å². The monoisotopic (exact) mass is 339 g/mol. The zero-order valence-corrected chi connectivity index (χ0v) is 13.4. The smallest absolute Gasteiger partial charge is 0.294 e. The maximum Gasteiger partial charge on any atom is 0.294 e. The van der Waals surface area contributed by atoms with Gasteiger partial charge in [0, 0.05) is 6.42 Å². The normalized spacial score (nSPS) is 11.0. The van der Waals surface area contributed by atoms with Gasteiger partial charge in [-0.25, -0.2) is 0 Å². The van der Waals surface area contributed by atoms with Crippen LogP contribution in [0.15, 0.2) is 53.1 Å². The number of H-pyrrole nitrogens is 1. The van der Waals surface area contributed by atoms with Gasteiger partial charge in [0.25, 0.3) is 4.84 Å². The van der Waals surface area contributed by atoms with Gasteiger partial charge in [-0.1, -0.05) is 46.4 Å². The highest BCUT2D eigenvalue weighted by Gasteiger charge is 2.08. The van der Waals surface area contributed by atoms with Gasteiger partial charge in [0.1, 0.15) is 17.6 Å². The molecule has 0 aliphatic rings. The van der Waals surface area contributed by atoms with E-state index < -0.39 is 0 Å². The minimum absolute atomic E-state index is 0.270. The lowest BCUT2D eigenvalue weighted by Crippen LogP contribution is -2.12. The Bertz CT molecular complexity index is 1020. The van der Waals surface area contributed by atoms with E-state index >= 15 is 0 Å². The van der Waals surface area contributed by atoms with Crippen molar-refractivity contribution >= 4 is 23.3 Å². The van der Waals surface area contributed by atoms with Crippen molar-refractivity contribution < 1.29 is 9.36 Å². The van der Waals surface area contributed by atoms with Crippen LogP contribution >= 0.6 is 12.2 Å². The van der Waals surface area contributed by atoms with Crippen molar-refractivity contribution in [3.63, 3.8) is 0 Å². The predicted molar refractivity (Wildman–Crippen MR) is 88.7 cm³/mol. The van der Waals surface area contributed by atoms with Gasteiger partial charge in [-0.3, -0.25) is 4.98 Å². The quantitative estimate of drug-likeness (QED) is 0.563. The number of aromatic nitrogens is 5. The summed E-state index contributed by atoms with van der Waals surface area (Å²) < 4.78 is 4.86. The molecule has 7 nitrogen and oxygen atoms in total. The Morgan fingerprint density at radius 3 is 2.79 bits per heavy atom. The third-order valence-corrected chi connectivity index (χ3v) is 3.71. The maximum atomic E-state index is 5.70. The van der Waals surface area contributed by atoms with E-state index in [1.807, 2.05) is 48.5 Å². The second-order valence-corrected chi connectivity index (χ2v) is 5.63. The van der Waals surface area contributed by atoms with Gasteiger partial charge in [-0.15, -0.1) is 5.10 Å². The molecule has 2 aromatic heterocycles. The van der Waals surface area contributed by atoms with Crippen molar-refractivity contribution in [1.29, 1.82) is 0 Å². The van der Waals surface area contributed by atoms with Crippen LogP contribution in [0.3, 0.4) is 0 Å². The molecule has 0 fully saturated rings. The summed E-state index contributed by atoms with van der Waals surface area (Å²) in [6, 6.07) is 15.7. The number of aromatic amines is 1. The Labute approximate surface area is 141 Å². The zero-order valence-electron chi connectivity index (χ0n) is 12.5. The highest BCUT2D eigenvalue weighted by molar-refractivity contribution is 7.71. The molecule has 0 atom stereocenters. The highest BCUT2D eigenvalue weighted by atomic mass is 32.1. The number of nitrogens with zero attached hydrogens (tertiary/aromatic N) is 4. The maximum absolute atomic E-state index is 5.70.